The van der Waals surface area contributed by atoms with E-state index >= 15 is 0 Å². The van der Waals surface area contributed by atoms with Crippen LogP contribution in [0.5, 0.6) is 0 Å². The smallest absolute Gasteiger partial charge is 0.408 e. The highest BCUT2D eigenvalue weighted by molar-refractivity contribution is 6.01. The van der Waals surface area contributed by atoms with Crippen LogP contribution in [0.1, 0.15) is 60.4 Å². The number of benzene rings is 2. The molecule has 1 amide bonds. The van der Waals surface area contributed by atoms with Gasteiger partial charge in [0.15, 0.2) is 5.78 Å². The van der Waals surface area contributed by atoms with Gasteiger partial charge in [-0.05, 0) is 76.4 Å². The van der Waals surface area contributed by atoms with Crippen molar-refractivity contribution in [3.05, 3.63) is 65.2 Å². The molecular formula is C26H32N2O5. The number of hydrogen-bond donors (Lipinski definition) is 1. The van der Waals surface area contributed by atoms with Gasteiger partial charge in [-0.15, -0.1) is 0 Å². The van der Waals surface area contributed by atoms with E-state index in [2.05, 4.69) is 10.2 Å². The Labute approximate surface area is 195 Å². The summed E-state index contributed by atoms with van der Waals surface area (Å²) in [6.07, 6.45) is 0.951. The van der Waals surface area contributed by atoms with E-state index in [0.29, 0.717) is 17.7 Å². The number of rotatable bonds is 8. The van der Waals surface area contributed by atoms with Gasteiger partial charge >= 0.3 is 12.1 Å². The van der Waals surface area contributed by atoms with Crippen LogP contribution in [-0.4, -0.2) is 49.2 Å². The van der Waals surface area contributed by atoms with Crippen molar-refractivity contribution in [3.63, 3.8) is 0 Å². The number of esters is 1. The fourth-order valence-electron chi connectivity index (χ4n) is 3.73. The van der Waals surface area contributed by atoms with E-state index in [1.807, 2.05) is 30.3 Å². The van der Waals surface area contributed by atoms with Crippen molar-refractivity contribution in [3.8, 4) is 0 Å². The van der Waals surface area contributed by atoms with Crippen molar-refractivity contribution >= 4 is 23.5 Å². The number of amides is 1. The fraction of sp³-hybridized carbons (Fsp3) is 0.423. The minimum Gasteiger partial charge on any atom is -0.462 e. The maximum atomic E-state index is 12.8. The number of alkyl carbamates (subject to hydrolysis) is 1. The molecular weight excluding hydrogens is 420 g/mol. The van der Waals surface area contributed by atoms with E-state index in [9.17, 15) is 14.4 Å². The molecule has 0 aromatic heterocycles. The summed E-state index contributed by atoms with van der Waals surface area (Å²) in [7, 11) is 0. The average Bonchev–Trinajstić information content (AvgIpc) is 3.17. The lowest BCUT2D eigenvalue weighted by Crippen LogP contribution is -2.41. The summed E-state index contributed by atoms with van der Waals surface area (Å²) in [5.74, 6) is -0.468. The highest BCUT2D eigenvalue weighted by Gasteiger charge is 2.24. The predicted molar refractivity (Wildman–Crippen MR) is 127 cm³/mol. The van der Waals surface area contributed by atoms with Crippen LogP contribution in [0, 0.1) is 0 Å². The first-order valence-electron chi connectivity index (χ1n) is 11.3. The van der Waals surface area contributed by atoms with Crippen LogP contribution in [0.2, 0.25) is 0 Å². The molecule has 0 aliphatic carbocycles. The second-order valence-corrected chi connectivity index (χ2v) is 9.17. The maximum absolute atomic E-state index is 12.8. The lowest BCUT2D eigenvalue weighted by atomic mass is 10.0. The van der Waals surface area contributed by atoms with Crippen LogP contribution in [0.25, 0.3) is 0 Å². The van der Waals surface area contributed by atoms with Gasteiger partial charge in [-0.25, -0.2) is 9.59 Å². The number of carbonyl (C=O) groups is 3. The molecule has 1 aliphatic rings. The number of fused-ring (bicyclic) bond motifs is 1. The van der Waals surface area contributed by atoms with E-state index < -0.39 is 17.7 Å². The van der Waals surface area contributed by atoms with Crippen LogP contribution in [0.15, 0.2) is 48.5 Å². The molecule has 1 heterocycles. The first-order valence-corrected chi connectivity index (χ1v) is 11.3. The zero-order valence-corrected chi connectivity index (χ0v) is 19.7. The molecule has 0 spiro atoms. The molecule has 7 heteroatoms. The molecule has 2 aromatic carbocycles. The zero-order valence-electron chi connectivity index (χ0n) is 19.7. The zero-order chi connectivity index (χ0) is 24.0. The first kappa shape index (κ1) is 24.3. The second kappa shape index (κ2) is 10.5. The third-order valence-corrected chi connectivity index (χ3v) is 5.30. The highest BCUT2D eigenvalue weighted by atomic mass is 16.6. The van der Waals surface area contributed by atoms with Gasteiger partial charge in [0.25, 0.3) is 0 Å². The summed E-state index contributed by atoms with van der Waals surface area (Å²) in [6, 6.07) is 13.9. The number of anilines is 1. The van der Waals surface area contributed by atoms with Crippen molar-refractivity contribution in [1.29, 1.82) is 0 Å². The number of nitrogens with one attached hydrogen (secondary N) is 1. The molecule has 0 saturated heterocycles. The number of ketones is 1. The molecule has 0 bridgehead atoms. The van der Waals surface area contributed by atoms with Gasteiger partial charge in [0.2, 0.25) is 0 Å². The quantitative estimate of drug-likeness (QED) is 0.363. The Hall–Kier alpha value is -3.35. The van der Waals surface area contributed by atoms with Crippen LogP contribution in [-0.2, 0) is 15.9 Å². The largest absolute Gasteiger partial charge is 0.462 e. The first-order chi connectivity index (χ1) is 15.6. The van der Waals surface area contributed by atoms with Crippen molar-refractivity contribution in [1.82, 2.24) is 5.32 Å². The van der Waals surface area contributed by atoms with Crippen LogP contribution >= 0.6 is 0 Å². The molecule has 176 valence electrons. The van der Waals surface area contributed by atoms with Gasteiger partial charge < -0.3 is 19.7 Å². The molecule has 1 N–H and O–H groups in total. The van der Waals surface area contributed by atoms with Gasteiger partial charge in [-0.1, -0.05) is 18.2 Å². The van der Waals surface area contributed by atoms with Gasteiger partial charge in [0.1, 0.15) is 5.60 Å². The lowest BCUT2D eigenvalue weighted by molar-refractivity contribution is 0.0490. The fourth-order valence-corrected chi connectivity index (χ4v) is 3.73. The Kier molecular flexibility index (Phi) is 7.74. The minimum atomic E-state index is -0.685. The predicted octanol–water partition coefficient (Wildman–Crippen LogP) is 4.39. The van der Waals surface area contributed by atoms with E-state index in [4.69, 9.17) is 9.47 Å². The molecule has 7 nitrogen and oxygen atoms in total. The molecule has 0 fully saturated rings. The monoisotopic (exact) mass is 452 g/mol. The number of Topliss-reactive ketones (excluding diaryl/α,β-unsaturated/α-hetero) is 1. The van der Waals surface area contributed by atoms with Crippen molar-refractivity contribution in [2.75, 3.05) is 24.6 Å². The minimum absolute atomic E-state index is 0.157. The summed E-state index contributed by atoms with van der Waals surface area (Å²) in [6.45, 7) is 8.95. The Bertz CT molecular complexity index is 997. The maximum Gasteiger partial charge on any atom is 0.408 e. The Morgan fingerprint density at radius 2 is 1.79 bits per heavy atom. The second-order valence-electron chi connectivity index (χ2n) is 9.17. The van der Waals surface area contributed by atoms with Crippen molar-refractivity contribution in [2.24, 2.45) is 0 Å². The summed E-state index contributed by atoms with van der Waals surface area (Å²) in [5.41, 5.74) is 2.69. The molecule has 1 aliphatic heterocycles. The Morgan fingerprint density at radius 3 is 2.48 bits per heavy atom. The number of ether oxygens (including phenoxy) is 2. The standard InChI is InChI=1S/C26H32N2O5/c1-18(27-25(31)33-26(2,3)4)23(29)21-11-12-22-20(17-21)13-15-28(22)14-8-16-32-24(30)19-9-6-5-7-10-19/h5-7,9-12,17-18H,8,13-16H2,1-4H3,(H,27,31)/t18-/m1/s1. The normalized spacial score (nSPS) is 13.8. The van der Waals surface area contributed by atoms with Crippen LogP contribution < -0.4 is 10.2 Å². The molecule has 0 radical (unpaired) electrons. The third kappa shape index (κ3) is 6.81. The summed E-state index contributed by atoms with van der Waals surface area (Å²) in [5, 5.41) is 2.60. The Balaban J connectivity index is 1.50. The van der Waals surface area contributed by atoms with Crippen LogP contribution in [0.4, 0.5) is 10.5 Å². The molecule has 3 rings (SSSR count). The van der Waals surface area contributed by atoms with E-state index in [0.717, 1.165) is 37.2 Å². The number of hydrogen-bond acceptors (Lipinski definition) is 6. The Morgan fingerprint density at radius 1 is 1.06 bits per heavy atom. The van der Waals surface area contributed by atoms with Gasteiger partial charge in [0.05, 0.1) is 18.2 Å². The number of carbonyl (C=O) groups excluding carboxylic acids is 3. The SMILES string of the molecule is C[C@@H](NC(=O)OC(C)(C)C)C(=O)c1ccc2c(c1)CCN2CCCOC(=O)c1ccccc1. The number of nitrogens with zero attached hydrogens (tertiary/aromatic N) is 1. The van der Waals surface area contributed by atoms with Gasteiger partial charge in [-0.3, -0.25) is 4.79 Å². The van der Waals surface area contributed by atoms with E-state index in [-0.39, 0.29) is 11.8 Å². The highest BCUT2D eigenvalue weighted by Crippen LogP contribution is 2.29. The van der Waals surface area contributed by atoms with E-state index in [1.165, 1.54) is 0 Å². The third-order valence-electron chi connectivity index (χ3n) is 5.30. The van der Waals surface area contributed by atoms with Crippen molar-refractivity contribution in [2.45, 2.75) is 52.2 Å². The van der Waals surface area contributed by atoms with E-state index in [1.54, 1.807) is 45.9 Å². The van der Waals surface area contributed by atoms with Gasteiger partial charge in [0, 0.05) is 24.3 Å². The topological polar surface area (TPSA) is 84.9 Å². The lowest BCUT2D eigenvalue weighted by Gasteiger charge is -2.22. The molecule has 0 unspecified atom stereocenters. The summed E-state index contributed by atoms with van der Waals surface area (Å²) in [4.78, 5) is 39.0. The van der Waals surface area contributed by atoms with Crippen LogP contribution in [0.3, 0.4) is 0 Å². The molecule has 0 saturated carbocycles. The summed E-state index contributed by atoms with van der Waals surface area (Å²) < 4.78 is 10.6. The van der Waals surface area contributed by atoms with Gasteiger partial charge in [-0.2, -0.15) is 0 Å². The summed E-state index contributed by atoms with van der Waals surface area (Å²) >= 11 is 0. The molecule has 1 atom stereocenters. The molecule has 33 heavy (non-hydrogen) atoms. The molecule has 2 aromatic rings. The average molecular weight is 453 g/mol. The van der Waals surface area contributed by atoms with Crippen molar-refractivity contribution < 1.29 is 23.9 Å².